The second-order valence-electron chi connectivity index (χ2n) is 6.14. The molecule has 0 aromatic rings. The molecule has 0 aromatic carbocycles. The van der Waals surface area contributed by atoms with Gasteiger partial charge in [-0.15, -0.1) is 0 Å². The van der Waals surface area contributed by atoms with Crippen LogP contribution >= 0.6 is 15.6 Å². The molecule has 17 heteroatoms. The van der Waals surface area contributed by atoms with Gasteiger partial charge in [-0.25, -0.2) is 8.78 Å². The van der Waals surface area contributed by atoms with Gasteiger partial charge in [0.25, 0.3) is 15.6 Å². The highest BCUT2D eigenvalue weighted by atomic mass is 31.2. The monoisotopic (exact) mass is 460 g/mol. The van der Waals surface area contributed by atoms with Crippen LogP contribution in [0.25, 0.3) is 0 Å². The third kappa shape index (κ3) is 6.54. The Morgan fingerprint density at radius 1 is 0.897 bits per heavy atom. The first-order chi connectivity index (χ1) is 13.4. The van der Waals surface area contributed by atoms with Crippen molar-refractivity contribution in [2.45, 2.75) is 48.8 Å². The highest BCUT2D eigenvalue weighted by Crippen LogP contribution is 2.46. The van der Waals surface area contributed by atoms with Crippen LogP contribution in [0.4, 0.5) is 8.78 Å². The Balaban J connectivity index is 2.00. The van der Waals surface area contributed by atoms with Crippen molar-refractivity contribution in [1.82, 2.24) is 0 Å². The summed E-state index contributed by atoms with van der Waals surface area (Å²) in [4.78, 5) is 23.5. The van der Waals surface area contributed by atoms with E-state index in [1.807, 2.05) is 0 Å². The lowest BCUT2D eigenvalue weighted by molar-refractivity contribution is -0.237. The first-order valence-electron chi connectivity index (χ1n) is 8.19. The number of halogens is 2. The minimum Gasteiger partial charge on any atom is -0.756 e. The van der Waals surface area contributed by atoms with Gasteiger partial charge in [-0.3, -0.25) is 9.13 Å². The highest BCUT2D eigenvalue weighted by molar-refractivity contribution is 7.46. The van der Waals surface area contributed by atoms with Crippen LogP contribution in [0.3, 0.4) is 0 Å². The van der Waals surface area contributed by atoms with E-state index in [1.165, 1.54) is 7.11 Å². The van der Waals surface area contributed by atoms with Crippen LogP contribution < -0.4 is 9.79 Å². The number of ether oxygens (including phenoxy) is 3. The molecule has 29 heavy (non-hydrogen) atoms. The molecule has 2 heterocycles. The lowest BCUT2D eigenvalue weighted by Gasteiger charge is -2.31. The molecule has 0 aliphatic carbocycles. The van der Waals surface area contributed by atoms with Crippen LogP contribution in [0.15, 0.2) is 0 Å². The summed E-state index contributed by atoms with van der Waals surface area (Å²) in [5.41, 5.74) is 0. The molecule has 0 bridgehead atoms. The molecule has 0 spiro atoms. The van der Waals surface area contributed by atoms with Crippen LogP contribution in [0.5, 0.6) is 0 Å². The third-order valence-electron chi connectivity index (χ3n) is 4.11. The van der Waals surface area contributed by atoms with Crippen LogP contribution in [0.1, 0.15) is 0 Å². The Morgan fingerprint density at radius 2 is 1.34 bits per heavy atom. The van der Waals surface area contributed by atoms with Crippen molar-refractivity contribution < 1.29 is 60.0 Å². The van der Waals surface area contributed by atoms with Gasteiger partial charge in [0.05, 0.1) is 25.2 Å². The van der Waals surface area contributed by atoms with Gasteiger partial charge in [0, 0.05) is 14.2 Å². The van der Waals surface area contributed by atoms with E-state index >= 15 is 0 Å². The van der Waals surface area contributed by atoms with E-state index in [0.29, 0.717) is 0 Å². The van der Waals surface area contributed by atoms with E-state index in [9.17, 15) is 27.7 Å². The van der Waals surface area contributed by atoms with Crippen LogP contribution in [0.2, 0.25) is 0 Å². The van der Waals surface area contributed by atoms with E-state index in [0.717, 1.165) is 7.11 Å². The molecule has 4 unspecified atom stereocenters. The number of hydrogen-bond acceptors (Lipinski definition) is 11. The topological polar surface area (TPSA) is 145 Å². The minimum atomic E-state index is -5.20. The summed E-state index contributed by atoms with van der Waals surface area (Å²) in [6, 6.07) is -3.05. The predicted octanol–water partition coefficient (Wildman–Crippen LogP) is -1.53. The van der Waals surface area contributed by atoms with Crippen LogP contribution in [-0.4, -0.2) is 91.9 Å². The maximum atomic E-state index is 14.1. The van der Waals surface area contributed by atoms with Crippen LogP contribution in [0, 0.1) is 0 Å². The maximum absolute atomic E-state index is 14.1. The predicted molar refractivity (Wildman–Crippen MR) is 88.4 cm³/mol. The van der Waals surface area contributed by atoms with Crippen LogP contribution in [-0.2, 0) is 41.4 Å². The van der Waals surface area contributed by atoms with E-state index in [4.69, 9.17) is 29.9 Å². The van der Waals surface area contributed by atoms with E-state index < -0.39 is 71.0 Å². The van der Waals surface area contributed by atoms with Crippen molar-refractivity contribution in [2.75, 3.05) is 27.4 Å². The first-order valence-corrected chi connectivity index (χ1v) is 11.1. The molecule has 2 aliphatic rings. The molecule has 10 atom stereocenters. The van der Waals surface area contributed by atoms with Gasteiger partial charge in [0.1, 0.15) is 52.5 Å². The summed E-state index contributed by atoms with van der Waals surface area (Å²) < 4.78 is 84.2. The Morgan fingerprint density at radius 3 is 1.79 bits per heavy atom. The summed E-state index contributed by atoms with van der Waals surface area (Å²) >= 11 is 0. The number of alkyl halides is 2. The van der Waals surface area contributed by atoms with Gasteiger partial charge in [0.15, 0.2) is 0 Å². The average Bonchev–Trinajstić information content (AvgIpc) is 3.05. The molecule has 11 nitrogen and oxygen atoms in total. The Kier molecular flexibility index (Phi) is 8.86. The summed E-state index contributed by atoms with van der Waals surface area (Å²) in [7, 11) is 2.67. The molecule has 2 fully saturated rings. The summed E-state index contributed by atoms with van der Waals surface area (Å²) in [6.45, 7) is -1.15. The smallest absolute Gasteiger partial charge is 0.268 e. The molecule has 2 saturated heterocycles. The minimum absolute atomic E-state index is 0.214. The number of rotatable bonds is 10. The van der Waals surface area contributed by atoms with Crippen molar-refractivity contribution in [1.29, 1.82) is 0 Å². The number of hydrogen-bond donors (Lipinski definition) is 0. The summed E-state index contributed by atoms with van der Waals surface area (Å²) in [5.74, 6) is 0. The molecular weight excluding hydrogens is 442 g/mol. The molecule has 2 rings (SSSR count). The average molecular weight is 460 g/mol. The van der Waals surface area contributed by atoms with E-state index in [1.54, 1.807) is 0 Å². The SMILES string of the molecule is [B][C@@H]1O[C@H](COP(=O)([O-])OC2[C@@H](COC)O[C@@H]([B])[C@H]2F)C(OP(=O)([O-])OC)[C@@H]1F. The second-order valence-corrected chi connectivity index (χ2v) is 8.97. The summed E-state index contributed by atoms with van der Waals surface area (Å²) in [6.07, 6.45) is -10.3. The van der Waals surface area contributed by atoms with Crippen molar-refractivity contribution in [2.24, 2.45) is 0 Å². The Hall–Kier alpha value is 0.0899. The lowest BCUT2D eigenvalue weighted by Crippen LogP contribution is -2.37. The maximum Gasteiger partial charge on any atom is 0.268 e. The normalized spacial score (nSPS) is 41.9. The zero-order valence-corrected chi connectivity index (χ0v) is 17.1. The van der Waals surface area contributed by atoms with Gasteiger partial charge < -0.3 is 42.1 Å². The molecular formula is C12H18B2F2O11P2-2. The van der Waals surface area contributed by atoms with Crippen molar-refractivity contribution in [3.05, 3.63) is 0 Å². The largest absolute Gasteiger partial charge is 0.756 e. The van der Waals surface area contributed by atoms with Gasteiger partial charge in [-0.2, -0.15) is 0 Å². The fourth-order valence-corrected chi connectivity index (χ4v) is 4.29. The van der Waals surface area contributed by atoms with E-state index in [-0.39, 0.29) is 6.61 Å². The standard InChI is InChI=1S/C12H20B2F2O11P2/c1-21-3-5-9(7(15)11(13)24-5)27-29(19,20)23-4-6-10(8(16)12(14)25-6)26-28(17,18)22-2/h5-12H,3-4H2,1-2H3,(H,17,18)(H,19,20)/p-2/t5-,6-,7+,8+,9?,10?,11-,12-/m1/s1. The Bertz CT molecular complexity index is 649. The molecule has 164 valence electrons. The molecule has 2 aliphatic heterocycles. The second kappa shape index (κ2) is 10.1. The van der Waals surface area contributed by atoms with Gasteiger partial charge in [-0.1, -0.05) is 0 Å². The zero-order valence-electron chi connectivity index (χ0n) is 15.3. The molecule has 0 N–H and O–H groups in total. The van der Waals surface area contributed by atoms with Crippen molar-refractivity contribution in [3.63, 3.8) is 0 Å². The molecule has 0 aromatic heterocycles. The van der Waals surface area contributed by atoms with Gasteiger partial charge in [0.2, 0.25) is 0 Å². The fraction of sp³-hybridized carbons (Fsp3) is 1.00. The zero-order chi connectivity index (χ0) is 22.0. The third-order valence-corrected chi connectivity index (χ3v) is 6.02. The lowest BCUT2D eigenvalue weighted by atomic mass is 9.94. The fourth-order valence-electron chi connectivity index (χ4n) is 2.71. The molecule has 0 amide bonds. The van der Waals surface area contributed by atoms with Crippen molar-refractivity contribution in [3.8, 4) is 0 Å². The Labute approximate surface area is 168 Å². The number of methoxy groups -OCH3 is 1. The number of phosphoric acid groups is 2. The molecule has 4 radical (unpaired) electrons. The number of phosphoric ester groups is 2. The quantitative estimate of drug-likeness (QED) is 0.277. The van der Waals surface area contributed by atoms with E-state index in [2.05, 4.69) is 18.1 Å². The highest BCUT2D eigenvalue weighted by Gasteiger charge is 2.47. The molecule has 0 saturated carbocycles. The van der Waals surface area contributed by atoms with Gasteiger partial charge >= 0.3 is 0 Å². The summed E-state index contributed by atoms with van der Waals surface area (Å²) in [5, 5.41) is 0. The van der Waals surface area contributed by atoms with Gasteiger partial charge in [-0.05, 0) is 0 Å². The first kappa shape index (κ1) is 25.4. The van der Waals surface area contributed by atoms with Crippen molar-refractivity contribution >= 4 is 31.3 Å².